The van der Waals surface area contributed by atoms with Crippen LogP contribution in [0.4, 0.5) is 5.95 Å². The van der Waals surface area contributed by atoms with Crippen LogP contribution >= 0.6 is 0 Å². The monoisotopic (exact) mass is 374 g/mol. The molecule has 0 saturated carbocycles. The van der Waals surface area contributed by atoms with Gasteiger partial charge < -0.3 is 9.80 Å². The molecule has 2 aromatic carbocycles. The Kier molecular flexibility index (Phi) is 6.37. The zero-order valence-electron chi connectivity index (χ0n) is 16.6. The zero-order valence-corrected chi connectivity index (χ0v) is 16.6. The number of carbonyl (C=O) groups is 1. The topological polar surface area (TPSA) is 49.3 Å². The highest BCUT2D eigenvalue weighted by atomic mass is 16.2. The SMILES string of the molecule is CC(C)N(Cc1ccccc1)c1ncc(C(=O)N(C)Cc2ccccc2)cn1. The molecule has 0 atom stereocenters. The number of nitrogens with zero attached hydrogens (tertiary/aromatic N) is 4. The second-order valence-corrected chi connectivity index (χ2v) is 7.13. The number of hydrogen-bond acceptors (Lipinski definition) is 4. The summed E-state index contributed by atoms with van der Waals surface area (Å²) in [6.45, 7) is 5.49. The molecule has 5 nitrogen and oxygen atoms in total. The van der Waals surface area contributed by atoms with Gasteiger partial charge in [0.15, 0.2) is 0 Å². The highest BCUT2D eigenvalue weighted by Crippen LogP contribution is 2.16. The summed E-state index contributed by atoms with van der Waals surface area (Å²) in [6.07, 6.45) is 3.24. The Morgan fingerprint density at radius 2 is 1.36 bits per heavy atom. The second kappa shape index (κ2) is 9.13. The van der Waals surface area contributed by atoms with Crippen LogP contribution < -0.4 is 4.90 Å². The molecule has 0 spiro atoms. The molecular formula is C23H26N4O. The lowest BCUT2D eigenvalue weighted by Crippen LogP contribution is -2.32. The molecule has 0 unspecified atom stereocenters. The predicted octanol–water partition coefficient (Wildman–Crippen LogP) is 4.16. The molecule has 3 rings (SSSR count). The first-order valence-electron chi connectivity index (χ1n) is 9.46. The van der Waals surface area contributed by atoms with Crippen molar-refractivity contribution in [3.63, 3.8) is 0 Å². The van der Waals surface area contributed by atoms with Crippen LogP contribution in [-0.4, -0.2) is 33.9 Å². The van der Waals surface area contributed by atoms with Crippen LogP contribution in [0.25, 0.3) is 0 Å². The molecule has 144 valence electrons. The van der Waals surface area contributed by atoms with Crippen molar-refractivity contribution in [3.05, 3.63) is 89.7 Å². The first kappa shape index (κ1) is 19.5. The Bertz CT molecular complexity index is 879. The number of aromatic nitrogens is 2. The van der Waals surface area contributed by atoms with E-state index in [1.807, 2.05) is 48.5 Å². The lowest BCUT2D eigenvalue weighted by Gasteiger charge is -2.27. The predicted molar refractivity (Wildman–Crippen MR) is 112 cm³/mol. The fourth-order valence-corrected chi connectivity index (χ4v) is 2.99. The van der Waals surface area contributed by atoms with Gasteiger partial charge in [0, 0.05) is 38.6 Å². The molecule has 0 aliphatic heterocycles. The smallest absolute Gasteiger partial charge is 0.257 e. The van der Waals surface area contributed by atoms with Gasteiger partial charge in [-0.1, -0.05) is 60.7 Å². The number of carbonyl (C=O) groups excluding carboxylic acids is 1. The number of amides is 1. The maximum absolute atomic E-state index is 12.7. The number of rotatable bonds is 7. The summed E-state index contributed by atoms with van der Waals surface area (Å²) < 4.78 is 0. The minimum absolute atomic E-state index is 0.0884. The number of hydrogen-bond donors (Lipinski definition) is 0. The van der Waals surface area contributed by atoms with E-state index in [1.54, 1.807) is 24.3 Å². The van der Waals surface area contributed by atoms with E-state index < -0.39 is 0 Å². The van der Waals surface area contributed by atoms with Gasteiger partial charge in [0.2, 0.25) is 5.95 Å². The maximum Gasteiger partial charge on any atom is 0.257 e. The van der Waals surface area contributed by atoms with Gasteiger partial charge in [-0.3, -0.25) is 4.79 Å². The van der Waals surface area contributed by atoms with Crippen molar-refractivity contribution in [3.8, 4) is 0 Å². The van der Waals surface area contributed by atoms with E-state index in [2.05, 4.69) is 40.8 Å². The molecule has 0 aliphatic rings. The van der Waals surface area contributed by atoms with Crippen LogP contribution in [0.3, 0.4) is 0 Å². The van der Waals surface area contributed by atoms with Crippen molar-refractivity contribution < 1.29 is 4.79 Å². The van der Waals surface area contributed by atoms with E-state index in [0.717, 1.165) is 12.1 Å². The second-order valence-electron chi connectivity index (χ2n) is 7.13. The average molecular weight is 374 g/mol. The van der Waals surface area contributed by atoms with Crippen molar-refractivity contribution in [2.45, 2.75) is 33.0 Å². The summed E-state index contributed by atoms with van der Waals surface area (Å²) in [5.74, 6) is 0.538. The normalized spacial score (nSPS) is 10.7. The molecule has 1 amide bonds. The molecule has 0 aliphatic carbocycles. The Morgan fingerprint density at radius 3 is 1.86 bits per heavy atom. The third kappa shape index (κ3) is 4.94. The third-order valence-corrected chi connectivity index (χ3v) is 4.57. The van der Waals surface area contributed by atoms with Crippen molar-refractivity contribution in [2.24, 2.45) is 0 Å². The molecule has 5 heteroatoms. The minimum Gasteiger partial charge on any atom is -0.337 e. The average Bonchev–Trinajstić information content (AvgIpc) is 2.73. The first-order chi connectivity index (χ1) is 13.5. The number of benzene rings is 2. The zero-order chi connectivity index (χ0) is 19.9. The summed E-state index contributed by atoms with van der Waals surface area (Å²) in [7, 11) is 1.79. The van der Waals surface area contributed by atoms with Gasteiger partial charge in [-0.25, -0.2) is 9.97 Å². The summed E-state index contributed by atoms with van der Waals surface area (Å²) in [4.78, 5) is 25.4. The summed E-state index contributed by atoms with van der Waals surface area (Å²) in [5.41, 5.74) is 2.78. The fourth-order valence-electron chi connectivity index (χ4n) is 2.99. The van der Waals surface area contributed by atoms with Crippen LogP contribution in [0.2, 0.25) is 0 Å². The Balaban J connectivity index is 1.71. The van der Waals surface area contributed by atoms with Gasteiger partial charge in [-0.15, -0.1) is 0 Å². The molecule has 28 heavy (non-hydrogen) atoms. The summed E-state index contributed by atoms with van der Waals surface area (Å²) in [6, 6.07) is 20.4. The maximum atomic E-state index is 12.7. The third-order valence-electron chi connectivity index (χ3n) is 4.57. The van der Waals surface area contributed by atoms with Crippen molar-refractivity contribution in [2.75, 3.05) is 11.9 Å². The lowest BCUT2D eigenvalue weighted by atomic mass is 10.2. The first-order valence-corrected chi connectivity index (χ1v) is 9.46. The molecule has 0 radical (unpaired) electrons. The van der Waals surface area contributed by atoms with Crippen LogP contribution in [0.1, 0.15) is 35.3 Å². The van der Waals surface area contributed by atoms with Gasteiger partial charge in [-0.2, -0.15) is 0 Å². The lowest BCUT2D eigenvalue weighted by molar-refractivity contribution is 0.0784. The molecule has 1 heterocycles. The van der Waals surface area contributed by atoms with Crippen molar-refractivity contribution >= 4 is 11.9 Å². The Morgan fingerprint density at radius 1 is 0.857 bits per heavy atom. The fraction of sp³-hybridized carbons (Fsp3) is 0.261. The molecule has 0 N–H and O–H groups in total. The van der Waals surface area contributed by atoms with E-state index in [4.69, 9.17) is 0 Å². The molecule has 3 aromatic rings. The van der Waals surface area contributed by atoms with Crippen LogP contribution in [-0.2, 0) is 13.1 Å². The van der Waals surface area contributed by atoms with Crippen LogP contribution in [0, 0.1) is 0 Å². The standard InChI is InChI=1S/C23H26N4O/c1-18(2)27(17-20-12-8-5-9-13-20)23-24-14-21(15-25-23)22(28)26(3)16-19-10-6-4-7-11-19/h4-15,18H,16-17H2,1-3H3. The molecule has 0 saturated heterocycles. The quantitative estimate of drug-likeness (QED) is 0.623. The van der Waals surface area contributed by atoms with E-state index in [9.17, 15) is 4.79 Å². The largest absolute Gasteiger partial charge is 0.337 e. The van der Waals surface area contributed by atoms with Gasteiger partial charge in [0.05, 0.1) is 5.56 Å². The van der Waals surface area contributed by atoms with Gasteiger partial charge in [-0.05, 0) is 25.0 Å². The summed E-state index contributed by atoms with van der Waals surface area (Å²) in [5, 5.41) is 0. The molecule has 1 aromatic heterocycles. The molecular weight excluding hydrogens is 348 g/mol. The Hall–Kier alpha value is -3.21. The summed E-state index contributed by atoms with van der Waals surface area (Å²) >= 11 is 0. The van der Waals surface area contributed by atoms with E-state index >= 15 is 0 Å². The highest BCUT2D eigenvalue weighted by molar-refractivity contribution is 5.93. The van der Waals surface area contributed by atoms with Crippen molar-refractivity contribution in [1.82, 2.24) is 14.9 Å². The van der Waals surface area contributed by atoms with Gasteiger partial charge in [0.25, 0.3) is 5.91 Å². The van der Waals surface area contributed by atoms with Gasteiger partial charge in [0.1, 0.15) is 0 Å². The number of anilines is 1. The van der Waals surface area contributed by atoms with Crippen molar-refractivity contribution in [1.29, 1.82) is 0 Å². The molecule has 0 fully saturated rings. The van der Waals surface area contributed by atoms with E-state index in [0.29, 0.717) is 18.1 Å². The highest BCUT2D eigenvalue weighted by Gasteiger charge is 2.17. The molecule has 0 bridgehead atoms. The van der Waals surface area contributed by atoms with E-state index in [1.165, 1.54) is 5.56 Å². The van der Waals surface area contributed by atoms with E-state index in [-0.39, 0.29) is 11.9 Å². The minimum atomic E-state index is -0.0884. The van der Waals surface area contributed by atoms with Gasteiger partial charge >= 0.3 is 0 Å². The van der Waals surface area contributed by atoms with Crippen LogP contribution in [0.5, 0.6) is 0 Å². The van der Waals surface area contributed by atoms with Crippen LogP contribution in [0.15, 0.2) is 73.1 Å². The Labute approximate surface area is 166 Å².